The molecule has 7 nitrogen and oxygen atoms in total. The van der Waals surface area contributed by atoms with Gasteiger partial charge in [0.25, 0.3) is 0 Å². The van der Waals surface area contributed by atoms with Crippen LogP contribution in [-0.4, -0.2) is 82.1 Å². The highest BCUT2D eigenvalue weighted by Crippen LogP contribution is 2.16. The first-order valence-electron chi connectivity index (χ1n) is 9.71. The van der Waals surface area contributed by atoms with Crippen LogP contribution in [0.4, 0.5) is 10.5 Å². The molecule has 0 unspecified atom stereocenters. The first-order chi connectivity index (χ1) is 13.1. The highest BCUT2D eigenvalue weighted by Gasteiger charge is 2.21. The van der Waals surface area contributed by atoms with Gasteiger partial charge in [-0.3, -0.25) is 10.2 Å². The molecule has 1 amide bonds. The van der Waals surface area contributed by atoms with E-state index in [0.717, 1.165) is 44.8 Å². The summed E-state index contributed by atoms with van der Waals surface area (Å²) < 4.78 is 16.4. The smallest absolute Gasteiger partial charge is 0.412 e. The van der Waals surface area contributed by atoms with Crippen molar-refractivity contribution in [3.05, 3.63) is 24.3 Å². The summed E-state index contributed by atoms with van der Waals surface area (Å²) in [5.41, 5.74) is 0.679. The third-order valence-corrected chi connectivity index (χ3v) is 4.55. The molecule has 152 valence electrons. The van der Waals surface area contributed by atoms with Gasteiger partial charge in [-0.25, -0.2) is 4.79 Å². The molecule has 1 aliphatic rings. The van der Waals surface area contributed by atoms with E-state index in [2.05, 4.69) is 29.1 Å². The van der Waals surface area contributed by atoms with E-state index >= 15 is 0 Å². The average Bonchev–Trinajstić information content (AvgIpc) is 2.65. The van der Waals surface area contributed by atoms with Crippen molar-refractivity contribution in [2.45, 2.75) is 25.9 Å². The van der Waals surface area contributed by atoms with Gasteiger partial charge in [-0.1, -0.05) is 13.3 Å². The number of likely N-dealkylation sites (N-methyl/N-ethyl adjacent to an activating group) is 1. The summed E-state index contributed by atoms with van der Waals surface area (Å²) in [6.45, 7) is 7.89. The standard InChI is InChI=1S/C20H33N3O4/c1-4-5-14-26-18-8-6-17(7-9-18)21-20(24)27-19(16-25-3)15-23-12-10-22(2)11-13-23/h6-9,19H,4-5,10-16H2,1-3H3,(H,21,24)/t19-/m1/s1. The van der Waals surface area contributed by atoms with E-state index in [9.17, 15) is 4.79 Å². The fourth-order valence-corrected chi connectivity index (χ4v) is 2.90. The number of hydrogen-bond donors (Lipinski definition) is 1. The van der Waals surface area contributed by atoms with Gasteiger partial charge in [-0.2, -0.15) is 0 Å². The van der Waals surface area contributed by atoms with Crippen LogP contribution in [-0.2, 0) is 9.47 Å². The topological polar surface area (TPSA) is 63.3 Å². The van der Waals surface area contributed by atoms with E-state index < -0.39 is 6.09 Å². The highest BCUT2D eigenvalue weighted by molar-refractivity contribution is 5.84. The second-order valence-corrected chi connectivity index (χ2v) is 6.94. The third kappa shape index (κ3) is 8.15. The van der Waals surface area contributed by atoms with Gasteiger partial charge in [0.1, 0.15) is 11.9 Å². The van der Waals surface area contributed by atoms with Crippen molar-refractivity contribution in [3.63, 3.8) is 0 Å². The van der Waals surface area contributed by atoms with Crippen molar-refractivity contribution >= 4 is 11.8 Å². The lowest BCUT2D eigenvalue weighted by molar-refractivity contribution is 0.0157. The van der Waals surface area contributed by atoms with Crippen molar-refractivity contribution < 1.29 is 19.0 Å². The second kappa shape index (κ2) is 11.8. The number of rotatable bonds is 10. The molecule has 0 aromatic heterocycles. The predicted octanol–water partition coefficient (Wildman–Crippen LogP) is 2.68. The molecule has 1 fully saturated rings. The first-order valence-corrected chi connectivity index (χ1v) is 9.71. The van der Waals surface area contributed by atoms with Crippen molar-refractivity contribution in [1.82, 2.24) is 9.80 Å². The molecule has 1 saturated heterocycles. The van der Waals surface area contributed by atoms with E-state index in [0.29, 0.717) is 25.4 Å². The van der Waals surface area contributed by atoms with E-state index in [4.69, 9.17) is 14.2 Å². The molecule has 2 rings (SSSR count). The third-order valence-electron chi connectivity index (χ3n) is 4.55. The molecule has 1 atom stereocenters. The summed E-state index contributed by atoms with van der Waals surface area (Å²) in [7, 11) is 3.74. The van der Waals surface area contributed by atoms with Gasteiger partial charge in [0.05, 0.1) is 13.2 Å². The Labute approximate surface area is 162 Å². The van der Waals surface area contributed by atoms with Gasteiger partial charge >= 0.3 is 6.09 Å². The number of piperazine rings is 1. The SMILES string of the molecule is CCCCOc1ccc(NC(=O)O[C@@H](COC)CN2CCN(C)CC2)cc1. The van der Waals surface area contributed by atoms with Gasteiger partial charge in [0.2, 0.25) is 0 Å². The number of benzene rings is 1. The lowest BCUT2D eigenvalue weighted by atomic mass is 10.2. The Kier molecular flexibility index (Phi) is 9.38. The largest absolute Gasteiger partial charge is 0.494 e. The Morgan fingerprint density at radius 3 is 2.52 bits per heavy atom. The van der Waals surface area contributed by atoms with Crippen molar-refractivity contribution in [2.24, 2.45) is 0 Å². The number of unbranched alkanes of at least 4 members (excludes halogenated alkanes) is 1. The fraction of sp³-hybridized carbons (Fsp3) is 0.650. The number of anilines is 1. The molecule has 27 heavy (non-hydrogen) atoms. The molecule has 0 bridgehead atoms. The number of nitrogens with zero attached hydrogens (tertiary/aromatic N) is 2. The Hall–Kier alpha value is -1.83. The van der Waals surface area contributed by atoms with E-state index in [1.807, 2.05) is 24.3 Å². The molecule has 1 aromatic carbocycles. The molecule has 1 aliphatic heterocycles. The number of amides is 1. The van der Waals surface area contributed by atoms with Crippen LogP contribution in [0, 0.1) is 0 Å². The van der Waals surface area contributed by atoms with Gasteiger partial charge in [0, 0.05) is 45.5 Å². The van der Waals surface area contributed by atoms with Crippen LogP contribution in [0.3, 0.4) is 0 Å². The van der Waals surface area contributed by atoms with Crippen LogP contribution in [0.25, 0.3) is 0 Å². The van der Waals surface area contributed by atoms with Crippen LogP contribution in [0.15, 0.2) is 24.3 Å². The van der Waals surface area contributed by atoms with E-state index in [-0.39, 0.29) is 6.10 Å². The number of ether oxygens (including phenoxy) is 3. The molecule has 0 radical (unpaired) electrons. The molecule has 7 heteroatoms. The quantitative estimate of drug-likeness (QED) is 0.631. The maximum absolute atomic E-state index is 12.2. The van der Waals surface area contributed by atoms with Gasteiger partial charge in [-0.05, 0) is 37.7 Å². The number of carbonyl (C=O) groups is 1. The van der Waals surface area contributed by atoms with E-state index in [1.165, 1.54) is 0 Å². The summed E-state index contributed by atoms with van der Waals surface area (Å²) in [6.07, 6.45) is 1.36. The Morgan fingerprint density at radius 1 is 1.19 bits per heavy atom. The Balaban J connectivity index is 1.78. The lowest BCUT2D eigenvalue weighted by Crippen LogP contribution is -2.48. The zero-order chi connectivity index (χ0) is 19.5. The van der Waals surface area contributed by atoms with Crippen molar-refractivity contribution in [1.29, 1.82) is 0 Å². The number of methoxy groups -OCH3 is 1. The summed E-state index contributed by atoms with van der Waals surface area (Å²) in [4.78, 5) is 16.8. The molecule has 1 heterocycles. The Morgan fingerprint density at radius 2 is 1.89 bits per heavy atom. The average molecular weight is 380 g/mol. The zero-order valence-electron chi connectivity index (χ0n) is 16.8. The second-order valence-electron chi connectivity index (χ2n) is 6.94. The highest BCUT2D eigenvalue weighted by atomic mass is 16.6. The zero-order valence-corrected chi connectivity index (χ0v) is 16.8. The van der Waals surface area contributed by atoms with E-state index in [1.54, 1.807) is 7.11 Å². The molecular weight excluding hydrogens is 346 g/mol. The first kappa shape index (κ1) is 21.5. The predicted molar refractivity (Wildman–Crippen MR) is 107 cm³/mol. The van der Waals surface area contributed by atoms with Gasteiger partial charge in [0.15, 0.2) is 0 Å². The molecule has 1 aromatic rings. The summed E-state index contributed by atoms with van der Waals surface area (Å²) >= 11 is 0. The number of carbonyl (C=O) groups excluding carboxylic acids is 1. The number of hydrogen-bond acceptors (Lipinski definition) is 6. The van der Waals surface area contributed by atoms with Crippen LogP contribution in [0.1, 0.15) is 19.8 Å². The molecule has 0 spiro atoms. The van der Waals surface area contributed by atoms with Gasteiger partial charge < -0.3 is 19.1 Å². The maximum Gasteiger partial charge on any atom is 0.412 e. The lowest BCUT2D eigenvalue weighted by Gasteiger charge is -2.34. The van der Waals surface area contributed by atoms with Crippen LogP contribution < -0.4 is 10.1 Å². The summed E-state index contributed by atoms with van der Waals surface area (Å²) in [5, 5.41) is 2.77. The molecule has 0 saturated carbocycles. The van der Waals surface area contributed by atoms with Crippen LogP contribution in [0.5, 0.6) is 5.75 Å². The maximum atomic E-state index is 12.2. The molecule has 0 aliphatic carbocycles. The minimum absolute atomic E-state index is 0.296. The summed E-state index contributed by atoms with van der Waals surface area (Å²) in [6, 6.07) is 7.33. The molecular formula is C20H33N3O4. The minimum Gasteiger partial charge on any atom is -0.494 e. The Bertz CT molecular complexity index is 545. The fourth-order valence-electron chi connectivity index (χ4n) is 2.90. The molecule has 1 N–H and O–H groups in total. The van der Waals surface area contributed by atoms with Crippen molar-refractivity contribution in [2.75, 3.05) is 65.4 Å². The number of nitrogens with one attached hydrogen (secondary N) is 1. The normalized spacial score (nSPS) is 16.7. The summed E-state index contributed by atoms with van der Waals surface area (Å²) in [5.74, 6) is 0.801. The minimum atomic E-state index is -0.467. The van der Waals surface area contributed by atoms with Crippen LogP contribution >= 0.6 is 0 Å². The van der Waals surface area contributed by atoms with Gasteiger partial charge in [-0.15, -0.1) is 0 Å². The van der Waals surface area contributed by atoms with Crippen LogP contribution in [0.2, 0.25) is 0 Å². The monoisotopic (exact) mass is 379 g/mol. The van der Waals surface area contributed by atoms with Crippen molar-refractivity contribution in [3.8, 4) is 5.75 Å².